The standard InChI is InChI=1S/C13H23F3N2O/c1-4-12(6-5-7-17-12)11(19)18(8-10(2)3)9-13(14,15)16/h10,17H,4-9H2,1-3H3. The Hall–Kier alpha value is -0.780. The molecule has 1 heterocycles. The van der Waals surface area contributed by atoms with Gasteiger partial charge in [-0.15, -0.1) is 0 Å². The highest BCUT2D eigenvalue weighted by molar-refractivity contribution is 5.86. The second kappa shape index (κ2) is 6.11. The van der Waals surface area contributed by atoms with E-state index >= 15 is 0 Å². The first-order valence-corrected chi connectivity index (χ1v) is 6.81. The van der Waals surface area contributed by atoms with Crippen LogP contribution in [-0.4, -0.2) is 42.2 Å². The van der Waals surface area contributed by atoms with E-state index in [0.29, 0.717) is 19.4 Å². The quantitative estimate of drug-likeness (QED) is 0.839. The van der Waals surface area contributed by atoms with Crippen molar-refractivity contribution in [3.8, 4) is 0 Å². The zero-order valence-corrected chi connectivity index (χ0v) is 11.8. The van der Waals surface area contributed by atoms with Crippen molar-refractivity contribution >= 4 is 5.91 Å². The Morgan fingerprint density at radius 3 is 2.42 bits per heavy atom. The number of rotatable bonds is 5. The molecule has 0 bridgehead atoms. The Bertz CT molecular complexity index is 310. The molecule has 0 radical (unpaired) electrons. The van der Waals surface area contributed by atoms with E-state index in [4.69, 9.17) is 0 Å². The van der Waals surface area contributed by atoms with Gasteiger partial charge in [-0.2, -0.15) is 13.2 Å². The number of amides is 1. The largest absolute Gasteiger partial charge is 0.406 e. The highest BCUT2D eigenvalue weighted by Gasteiger charge is 2.44. The van der Waals surface area contributed by atoms with Crippen LogP contribution in [-0.2, 0) is 4.79 Å². The predicted octanol–water partition coefficient (Wildman–Crippen LogP) is 2.57. The van der Waals surface area contributed by atoms with Crippen molar-refractivity contribution in [2.75, 3.05) is 19.6 Å². The van der Waals surface area contributed by atoms with E-state index in [9.17, 15) is 18.0 Å². The van der Waals surface area contributed by atoms with Crippen LogP contribution in [0.3, 0.4) is 0 Å². The average molecular weight is 280 g/mol. The molecule has 1 N–H and O–H groups in total. The van der Waals surface area contributed by atoms with E-state index in [1.807, 2.05) is 20.8 Å². The molecule has 1 aliphatic rings. The summed E-state index contributed by atoms with van der Waals surface area (Å²) in [5.74, 6) is -0.389. The third kappa shape index (κ3) is 4.37. The Kier molecular flexibility index (Phi) is 5.24. The molecule has 1 atom stereocenters. The molecule has 1 fully saturated rings. The highest BCUT2D eigenvalue weighted by Crippen LogP contribution is 2.27. The first-order chi connectivity index (χ1) is 8.70. The number of alkyl halides is 3. The summed E-state index contributed by atoms with van der Waals surface area (Å²) in [7, 11) is 0. The summed E-state index contributed by atoms with van der Waals surface area (Å²) in [6.07, 6.45) is -2.37. The molecule has 0 aromatic heterocycles. The van der Waals surface area contributed by atoms with Crippen LogP contribution in [0.2, 0.25) is 0 Å². The molecule has 0 aromatic rings. The smallest absolute Gasteiger partial charge is 0.332 e. The van der Waals surface area contributed by atoms with Gasteiger partial charge in [-0.25, -0.2) is 0 Å². The molecule has 1 aliphatic heterocycles. The van der Waals surface area contributed by atoms with Crippen molar-refractivity contribution in [2.45, 2.75) is 51.7 Å². The van der Waals surface area contributed by atoms with Gasteiger partial charge in [0.25, 0.3) is 0 Å². The minimum Gasteiger partial charge on any atom is -0.332 e. The summed E-state index contributed by atoms with van der Waals surface area (Å²) in [5, 5.41) is 3.10. The fraction of sp³-hybridized carbons (Fsp3) is 0.923. The van der Waals surface area contributed by atoms with Crippen LogP contribution >= 0.6 is 0 Å². The van der Waals surface area contributed by atoms with Gasteiger partial charge in [-0.1, -0.05) is 20.8 Å². The van der Waals surface area contributed by atoms with Gasteiger partial charge in [-0.3, -0.25) is 4.79 Å². The van der Waals surface area contributed by atoms with Gasteiger partial charge in [0.2, 0.25) is 5.91 Å². The lowest BCUT2D eigenvalue weighted by atomic mass is 9.92. The lowest BCUT2D eigenvalue weighted by Gasteiger charge is -2.35. The van der Waals surface area contributed by atoms with Crippen molar-refractivity contribution in [1.82, 2.24) is 10.2 Å². The summed E-state index contributed by atoms with van der Waals surface area (Å²) < 4.78 is 37.9. The maximum Gasteiger partial charge on any atom is 0.406 e. The summed E-state index contributed by atoms with van der Waals surface area (Å²) in [5.41, 5.74) is -0.792. The van der Waals surface area contributed by atoms with Gasteiger partial charge < -0.3 is 10.2 Å². The number of nitrogens with one attached hydrogen (secondary N) is 1. The molecule has 19 heavy (non-hydrogen) atoms. The molecule has 6 heteroatoms. The topological polar surface area (TPSA) is 32.3 Å². The number of carbonyl (C=O) groups excluding carboxylic acids is 1. The van der Waals surface area contributed by atoms with Gasteiger partial charge in [0.1, 0.15) is 6.54 Å². The predicted molar refractivity (Wildman–Crippen MR) is 67.7 cm³/mol. The van der Waals surface area contributed by atoms with Crippen LogP contribution in [0, 0.1) is 5.92 Å². The van der Waals surface area contributed by atoms with E-state index in [0.717, 1.165) is 11.3 Å². The monoisotopic (exact) mass is 280 g/mol. The van der Waals surface area contributed by atoms with Crippen LogP contribution in [0.1, 0.15) is 40.0 Å². The Morgan fingerprint density at radius 2 is 2.05 bits per heavy atom. The Labute approximate surface area is 112 Å². The third-order valence-corrected chi connectivity index (χ3v) is 3.50. The van der Waals surface area contributed by atoms with Gasteiger partial charge in [0.15, 0.2) is 0 Å². The van der Waals surface area contributed by atoms with Crippen LogP contribution in [0.5, 0.6) is 0 Å². The Morgan fingerprint density at radius 1 is 1.42 bits per heavy atom. The second-order valence-corrected chi connectivity index (χ2v) is 5.66. The lowest BCUT2D eigenvalue weighted by molar-refractivity contribution is -0.166. The number of halogens is 3. The normalized spacial score (nSPS) is 23.9. The molecule has 1 amide bonds. The van der Waals surface area contributed by atoms with Crippen molar-refractivity contribution in [1.29, 1.82) is 0 Å². The minimum atomic E-state index is -4.35. The van der Waals surface area contributed by atoms with Crippen LogP contribution in [0.4, 0.5) is 13.2 Å². The van der Waals surface area contributed by atoms with E-state index < -0.39 is 24.2 Å². The fourth-order valence-corrected chi connectivity index (χ4v) is 2.62. The number of nitrogens with zero attached hydrogens (tertiary/aromatic N) is 1. The molecule has 1 unspecified atom stereocenters. The van der Waals surface area contributed by atoms with Gasteiger partial charge in [0, 0.05) is 6.54 Å². The third-order valence-electron chi connectivity index (χ3n) is 3.50. The lowest BCUT2D eigenvalue weighted by Crippen LogP contribution is -2.56. The van der Waals surface area contributed by atoms with Crippen molar-refractivity contribution in [3.05, 3.63) is 0 Å². The molecule has 112 valence electrons. The average Bonchev–Trinajstić information content (AvgIpc) is 2.74. The molecular formula is C13H23F3N2O. The minimum absolute atomic E-state index is 0.0154. The zero-order valence-electron chi connectivity index (χ0n) is 11.8. The SMILES string of the molecule is CCC1(C(=O)N(CC(C)C)CC(F)(F)F)CCCN1. The summed E-state index contributed by atoms with van der Waals surface area (Å²) >= 11 is 0. The van der Waals surface area contributed by atoms with Crippen molar-refractivity contribution < 1.29 is 18.0 Å². The molecule has 1 rings (SSSR count). The summed E-state index contributed by atoms with van der Waals surface area (Å²) in [4.78, 5) is 13.4. The van der Waals surface area contributed by atoms with Gasteiger partial charge in [-0.05, 0) is 31.7 Å². The van der Waals surface area contributed by atoms with Crippen LogP contribution in [0.15, 0.2) is 0 Å². The van der Waals surface area contributed by atoms with Gasteiger partial charge in [0.05, 0.1) is 5.54 Å². The number of hydrogen-bond acceptors (Lipinski definition) is 2. The molecule has 0 aliphatic carbocycles. The highest BCUT2D eigenvalue weighted by atomic mass is 19.4. The molecular weight excluding hydrogens is 257 g/mol. The molecule has 0 spiro atoms. The van der Waals surface area contributed by atoms with Crippen molar-refractivity contribution in [3.63, 3.8) is 0 Å². The first-order valence-electron chi connectivity index (χ1n) is 6.81. The Balaban J connectivity index is 2.86. The van der Waals surface area contributed by atoms with E-state index in [-0.39, 0.29) is 12.5 Å². The molecule has 0 saturated carbocycles. The maximum absolute atomic E-state index is 12.6. The molecule has 1 saturated heterocycles. The van der Waals surface area contributed by atoms with Gasteiger partial charge >= 0.3 is 6.18 Å². The fourth-order valence-electron chi connectivity index (χ4n) is 2.62. The number of carbonyl (C=O) groups is 1. The van der Waals surface area contributed by atoms with Crippen LogP contribution in [0.25, 0.3) is 0 Å². The van der Waals surface area contributed by atoms with E-state index in [1.165, 1.54) is 0 Å². The number of hydrogen-bond donors (Lipinski definition) is 1. The molecule has 0 aromatic carbocycles. The molecule has 3 nitrogen and oxygen atoms in total. The van der Waals surface area contributed by atoms with Crippen molar-refractivity contribution in [2.24, 2.45) is 5.92 Å². The maximum atomic E-state index is 12.6. The first kappa shape index (κ1) is 16.3. The van der Waals surface area contributed by atoms with E-state index in [1.54, 1.807) is 0 Å². The zero-order chi connectivity index (χ0) is 14.7. The van der Waals surface area contributed by atoms with Crippen LogP contribution < -0.4 is 5.32 Å². The van der Waals surface area contributed by atoms with E-state index in [2.05, 4.69) is 5.32 Å². The summed E-state index contributed by atoms with van der Waals surface area (Å²) in [6, 6.07) is 0. The summed E-state index contributed by atoms with van der Waals surface area (Å²) in [6.45, 7) is 5.16. The second-order valence-electron chi connectivity index (χ2n) is 5.66.